The predicted molar refractivity (Wildman–Crippen MR) is 39.1 cm³/mol. The molecule has 0 spiro atoms. The van der Waals surface area contributed by atoms with E-state index in [1.54, 1.807) is 0 Å². The van der Waals surface area contributed by atoms with Crippen molar-refractivity contribution in [3.05, 3.63) is 20.2 Å². The Balaban J connectivity index is 3.68. The maximum Gasteiger partial charge on any atom is 0.176 e. The standard InChI is InChI=1S/C2H4Cl2N4O4/c3-5(7(9)10)1-2-6(4)8(11)12/h1-2H2. The summed E-state index contributed by atoms with van der Waals surface area (Å²) in [6, 6.07) is 0. The Morgan fingerprint density at radius 3 is 1.42 bits per heavy atom. The Morgan fingerprint density at radius 1 is 1.00 bits per heavy atom. The second-order valence-corrected chi connectivity index (χ2v) is 2.38. The van der Waals surface area contributed by atoms with Gasteiger partial charge in [0.1, 0.15) is 13.1 Å². The molecule has 0 atom stereocenters. The molecule has 0 radical (unpaired) electrons. The number of hydrogen-bond donors (Lipinski definition) is 0. The smallest absolute Gasteiger partial charge is 0.176 e. The van der Waals surface area contributed by atoms with E-state index >= 15 is 0 Å². The second kappa shape index (κ2) is 4.78. The molecule has 0 saturated carbocycles. The van der Waals surface area contributed by atoms with Gasteiger partial charge >= 0.3 is 0 Å². The van der Waals surface area contributed by atoms with E-state index in [0.29, 0.717) is 0 Å². The van der Waals surface area contributed by atoms with Gasteiger partial charge in [0, 0.05) is 0 Å². The molecule has 0 amide bonds. The van der Waals surface area contributed by atoms with Crippen molar-refractivity contribution in [3.63, 3.8) is 0 Å². The minimum Gasteiger partial charge on any atom is -0.234 e. The maximum absolute atomic E-state index is 9.85. The summed E-state index contributed by atoms with van der Waals surface area (Å²) in [6.45, 7) is -0.696. The van der Waals surface area contributed by atoms with E-state index in [9.17, 15) is 20.2 Å². The molecule has 0 aliphatic carbocycles. The second-order valence-electron chi connectivity index (χ2n) is 1.60. The van der Waals surface area contributed by atoms with Gasteiger partial charge in [0.25, 0.3) is 0 Å². The Bertz CT molecular complexity index is 168. The molecule has 0 unspecified atom stereocenters. The van der Waals surface area contributed by atoms with Crippen LogP contribution >= 0.6 is 23.6 Å². The first-order valence-electron chi connectivity index (χ1n) is 2.60. The molecule has 8 nitrogen and oxygen atoms in total. The number of halogens is 2. The number of nitro groups is 2. The summed E-state index contributed by atoms with van der Waals surface area (Å²) in [4.78, 5) is 19.7. The van der Waals surface area contributed by atoms with Crippen molar-refractivity contribution < 1.29 is 10.1 Å². The first kappa shape index (κ1) is 11.0. The van der Waals surface area contributed by atoms with Crippen LogP contribution in [-0.2, 0) is 0 Å². The lowest BCUT2D eigenvalue weighted by Crippen LogP contribution is -2.31. The average Bonchev–Trinajstić information content (AvgIpc) is 1.98. The molecule has 0 saturated heterocycles. The largest absolute Gasteiger partial charge is 0.234 e. The zero-order chi connectivity index (χ0) is 9.72. The first-order valence-corrected chi connectivity index (χ1v) is 3.28. The molecule has 0 fully saturated rings. The highest BCUT2D eigenvalue weighted by molar-refractivity contribution is 6.13. The van der Waals surface area contributed by atoms with Crippen LogP contribution in [0.5, 0.6) is 0 Å². The van der Waals surface area contributed by atoms with E-state index in [0.717, 1.165) is 0 Å². The fourth-order valence-corrected chi connectivity index (χ4v) is 0.480. The molecule has 0 aliphatic rings. The molecule has 0 bridgehead atoms. The normalized spacial score (nSPS) is 9.17. The van der Waals surface area contributed by atoms with Crippen LogP contribution in [0.2, 0.25) is 0 Å². The van der Waals surface area contributed by atoms with Crippen LogP contribution in [0.1, 0.15) is 0 Å². The lowest BCUT2D eigenvalue weighted by atomic mass is 10.7. The van der Waals surface area contributed by atoms with Crippen LogP contribution in [0.4, 0.5) is 0 Å². The van der Waals surface area contributed by atoms with Gasteiger partial charge in [-0.25, -0.2) is 20.2 Å². The van der Waals surface area contributed by atoms with Crippen LogP contribution in [0.3, 0.4) is 0 Å². The first-order chi connectivity index (χ1) is 5.45. The summed E-state index contributed by atoms with van der Waals surface area (Å²) < 4.78 is 0.359. The summed E-state index contributed by atoms with van der Waals surface area (Å²) in [5, 5.41) is 17.9. The molecule has 0 rings (SSSR count). The molecule has 12 heavy (non-hydrogen) atoms. The summed E-state index contributed by atoms with van der Waals surface area (Å²) in [5.41, 5.74) is 0. The maximum atomic E-state index is 9.85. The third-order valence-electron chi connectivity index (χ3n) is 0.823. The highest BCUT2D eigenvalue weighted by Crippen LogP contribution is 1.98. The predicted octanol–water partition coefficient (Wildman–Crippen LogP) is 0.281. The number of nitrogens with zero attached hydrogens (tertiary/aromatic N) is 4. The van der Waals surface area contributed by atoms with Crippen molar-refractivity contribution in [1.29, 1.82) is 0 Å². The Morgan fingerprint density at radius 2 is 1.25 bits per heavy atom. The van der Waals surface area contributed by atoms with Crippen molar-refractivity contribution in [1.82, 2.24) is 9.06 Å². The van der Waals surface area contributed by atoms with E-state index in [-0.39, 0.29) is 22.1 Å². The van der Waals surface area contributed by atoms with E-state index in [2.05, 4.69) is 0 Å². The summed E-state index contributed by atoms with van der Waals surface area (Å²) >= 11 is 9.98. The SMILES string of the molecule is O=[N+]([O-])N(Cl)CCN(Cl)[N+](=O)[O-]. The molecular formula is C2H4Cl2N4O4. The third-order valence-corrected chi connectivity index (χ3v) is 1.41. The topological polar surface area (TPSA) is 92.8 Å². The number of hydrazine groups is 2. The molecular weight excluding hydrogens is 215 g/mol. The van der Waals surface area contributed by atoms with Crippen LogP contribution in [0.25, 0.3) is 0 Å². The van der Waals surface area contributed by atoms with Gasteiger partial charge in [0.05, 0.1) is 23.6 Å². The van der Waals surface area contributed by atoms with Gasteiger partial charge < -0.3 is 0 Å². The Labute approximate surface area is 76.7 Å². The fraction of sp³-hybridized carbons (Fsp3) is 1.00. The molecule has 0 aromatic rings. The molecule has 70 valence electrons. The minimum atomic E-state index is -0.910. The van der Waals surface area contributed by atoms with E-state index in [1.807, 2.05) is 0 Å². The lowest BCUT2D eigenvalue weighted by Gasteiger charge is -2.06. The minimum absolute atomic E-state index is 0.179. The summed E-state index contributed by atoms with van der Waals surface area (Å²) in [7, 11) is 0. The highest BCUT2D eigenvalue weighted by Gasteiger charge is 2.16. The van der Waals surface area contributed by atoms with Gasteiger partial charge in [0.2, 0.25) is 0 Å². The van der Waals surface area contributed by atoms with Gasteiger partial charge in [-0.1, -0.05) is 0 Å². The van der Waals surface area contributed by atoms with Crippen molar-refractivity contribution >= 4 is 23.6 Å². The Kier molecular flexibility index (Phi) is 4.37. The third kappa shape index (κ3) is 3.98. The van der Waals surface area contributed by atoms with Crippen molar-refractivity contribution in [3.8, 4) is 0 Å². The van der Waals surface area contributed by atoms with Gasteiger partial charge in [-0.3, -0.25) is 0 Å². The van der Waals surface area contributed by atoms with E-state index in [4.69, 9.17) is 23.6 Å². The molecule has 0 N–H and O–H groups in total. The van der Waals surface area contributed by atoms with E-state index in [1.165, 1.54) is 0 Å². The molecule has 0 aromatic heterocycles. The zero-order valence-electron chi connectivity index (χ0n) is 5.59. The quantitative estimate of drug-likeness (QED) is 0.374. The van der Waals surface area contributed by atoms with Crippen LogP contribution < -0.4 is 0 Å². The summed E-state index contributed by atoms with van der Waals surface area (Å²) in [6.07, 6.45) is 0. The monoisotopic (exact) mass is 218 g/mol. The molecule has 10 heteroatoms. The Hall–Kier alpha value is -1.02. The molecule has 0 heterocycles. The van der Waals surface area contributed by atoms with Crippen molar-refractivity contribution in [2.24, 2.45) is 0 Å². The summed E-state index contributed by atoms with van der Waals surface area (Å²) in [5.74, 6) is 0. The van der Waals surface area contributed by atoms with Gasteiger partial charge in [-0.15, -0.1) is 0 Å². The van der Waals surface area contributed by atoms with Crippen LogP contribution in [0, 0.1) is 20.2 Å². The average molecular weight is 219 g/mol. The van der Waals surface area contributed by atoms with Crippen molar-refractivity contribution in [2.45, 2.75) is 0 Å². The lowest BCUT2D eigenvalue weighted by molar-refractivity contribution is -0.638. The van der Waals surface area contributed by atoms with Gasteiger partial charge in [-0.2, -0.15) is 0 Å². The van der Waals surface area contributed by atoms with Gasteiger partial charge in [-0.05, 0) is 9.06 Å². The van der Waals surface area contributed by atoms with Crippen LogP contribution in [0.15, 0.2) is 0 Å². The highest BCUT2D eigenvalue weighted by atomic mass is 35.5. The fourth-order valence-electron chi connectivity index (χ4n) is 0.328. The van der Waals surface area contributed by atoms with Crippen LogP contribution in [-0.4, -0.2) is 32.2 Å². The zero-order valence-corrected chi connectivity index (χ0v) is 7.10. The molecule has 0 aromatic carbocycles. The van der Waals surface area contributed by atoms with Gasteiger partial charge in [0.15, 0.2) is 10.1 Å². The number of rotatable bonds is 5. The number of hydrogen-bond acceptors (Lipinski definition) is 4. The molecule has 0 aliphatic heterocycles. The van der Waals surface area contributed by atoms with Crippen molar-refractivity contribution in [2.75, 3.05) is 13.1 Å². The van der Waals surface area contributed by atoms with E-state index < -0.39 is 10.1 Å².